The molecule has 0 bridgehead atoms. The normalized spacial score (nSPS) is 15.9. The minimum atomic E-state index is -0.377. The molecule has 2 rings (SSSR count). The molecule has 84 valence electrons. The summed E-state index contributed by atoms with van der Waals surface area (Å²) >= 11 is 0. The summed E-state index contributed by atoms with van der Waals surface area (Å²) in [6.45, 7) is 1.91. The lowest BCUT2D eigenvalue weighted by molar-refractivity contribution is 0.0952. The Bertz CT molecular complexity index is 436. The van der Waals surface area contributed by atoms with Crippen LogP contribution in [0.1, 0.15) is 30.1 Å². The first kappa shape index (κ1) is 10.7. The molecule has 0 unspecified atom stereocenters. The first-order valence-electron chi connectivity index (χ1n) is 5.31. The van der Waals surface area contributed by atoms with Crippen LogP contribution in [-0.2, 0) is 0 Å². The highest BCUT2D eigenvalue weighted by atomic mass is 16.3. The molecule has 2 N–H and O–H groups in total. The smallest absolute Gasteiger partial charge is 0.275 e. The number of rotatable bonds is 3. The van der Waals surface area contributed by atoms with E-state index in [1.54, 1.807) is 18.2 Å². The van der Waals surface area contributed by atoms with E-state index in [0.717, 1.165) is 18.6 Å². The number of hydrogen-bond acceptors (Lipinski definition) is 3. The van der Waals surface area contributed by atoms with E-state index in [0.29, 0.717) is 5.92 Å². The minimum Gasteiger partial charge on any atom is -0.507 e. The van der Waals surface area contributed by atoms with Crippen LogP contribution < -0.4 is 5.43 Å². The second kappa shape index (κ2) is 4.35. The van der Waals surface area contributed by atoms with Crippen LogP contribution in [0.15, 0.2) is 29.4 Å². The molecular weight excluding hydrogens is 204 g/mol. The van der Waals surface area contributed by atoms with E-state index >= 15 is 0 Å². The lowest BCUT2D eigenvalue weighted by atomic mass is 10.2. The van der Waals surface area contributed by atoms with Gasteiger partial charge in [-0.1, -0.05) is 12.1 Å². The number of aromatic hydroxyl groups is 1. The van der Waals surface area contributed by atoms with E-state index in [-0.39, 0.29) is 17.2 Å². The molecule has 16 heavy (non-hydrogen) atoms. The average molecular weight is 218 g/mol. The van der Waals surface area contributed by atoms with Crippen molar-refractivity contribution in [1.29, 1.82) is 0 Å². The van der Waals surface area contributed by atoms with Crippen LogP contribution in [0.2, 0.25) is 0 Å². The molecule has 1 aliphatic rings. The zero-order valence-corrected chi connectivity index (χ0v) is 9.10. The lowest BCUT2D eigenvalue weighted by Gasteiger charge is -2.03. The lowest BCUT2D eigenvalue weighted by Crippen LogP contribution is -2.19. The summed E-state index contributed by atoms with van der Waals surface area (Å²) in [6.07, 6.45) is 2.31. The van der Waals surface area contributed by atoms with Gasteiger partial charge in [-0.05, 0) is 37.8 Å². The van der Waals surface area contributed by atoms with Crippen LogP contribution in [0, 0.1) is 5.92 Å². The molecular formula is C12H14N2O2. The van der Waals surface area contributed by atoms with Crippen molar-refractivity contribution in [2.24, 2.45) is 11.0 Å². The van der Waals surface area contributed by atoms with Crippen molar-refractivity contribution >= 4 is 11.6 Å². The summed E-state index contributed by atoms with van der Waals surface area (Å²) in [5, 5.41) is 13.5. The number of hydrazone groups is 1. The summed E-state index contributed by atoms with van der Waals surface area (Å²) in [6, 6.07) is 6.41. The number of carbonyl (C=O) groups excluding carboxylic acids is 1. The number of nitrogens with zero attached hydrogens (tertiary/aromatic N) is 1. The molecule has 1 saturated carbocycles. The topological polar surface area (TPSA) is 61.7 Å². The Morgan fingerprint density at radius 3 is 2.75 bits per heavy atom. The van der Waals surface area contributed by atoms with Crippen molar-refractivity contribution in [3.05, 3.63) is 29.8 Å². The molecule has 4 heteroatoms. The zero-order valence-electron chi connectivity index (χ0n) is 9.10. The van der Waals surface area contributed by atoms with Gasteiger partial charge in [-0.25, -0.2) is 5.43 Å². The number of amides is 1. The summed E-state index contributed by atoms with van der Waals surface area (Å²) < 4.78 is 0. The van der Waals surface area contributed by atoms with Crippen LogP contribution in [0.4, 0.5) is 0 Å². The number of phenols is 1. The van der Waals surface area contributed by atoms with Crippen molar-refractivity contribution in [3.63, 3.8) is 0 Å². The van der Waals surface area contributed by atoms with Gasteiger partial charge in [0.2, 0.25) is 0 Å². The quantitative estimate of drug-likeness (QED) is 0.601. The summed E-state index contributed by atoms with van der Waals surface area (Å²) in [7, 11) is 0. The highest BCUT2D eigenvalue weighted by Crippen LogP contribution is 2.30. The molecule has 0 spiro atoms. The largest absolute Gasteiger partial charge is 0.507 e. The van der Waals surface area contributed by atoms with Crippen LogP contribution in [0.3, 0.4) is 0 Å². The van der Waals surface area contributed by atoms with Gasteiger partial charge in [0.1, 0.15) is 5.75 Å². The Balaban J connectivity index is 2.03. The molecule has 0 aromatic heterocycles. The fourth-order valence-electron chi connectivity index (χ4n) is 1.46. The second-order valence-corrected chi connectivity index (χ2v) is 3.99. The highest BCUT2D eigenvalue weighted by molar-refractivity contribution is 5.97. The van der Waals surface area contributed by atoms with Gasteiger partial charge in [0.05, 0.1) is 5.56 Å². The van der Waals surface area contributed by atoms with Gasteiger partial charge in [0, 0.05) is 5.71 Å². The Hall–Kier alpha value is -1.84. The van der Waals surface area contributed by atoms with Crippen molar-refractivity contribution in [2.45, 2.75) is 19.8 Å². The van der Waals surface area contributed by atoms with Crippen molar-refractivity contribution in [1.82, 2.24) is 5.43 Å². The highest BCUT2D eigenvalue weighted by Gasteiger charge is 2.24. The van der Waals surface area contributed by atoms with E-state index in [1.807, 2.05) is 6.92 Å². The maximum atomic E-state index is 11.6. The molecule has 1 aliphatic carbocycles. The van der Waals surface area contributed by atoms with Crippen LogP contribution in [-0.4, -0.2) is 16.7 Å². The van der Waals surface area contributed by atoms with E-state index in [4.69, 9.17) is 0 Å². The molecule has 1 fully saturated rings. The van der Waals surface area contributed by atoms with Gasteiger partial charge in [-0.15, -0.1) is 0 Å². The fourth-order valence-corrected chi connectivity index (χ4v) is 1.46. The number of benzene rings is 1. The van der Waals surface area contributed by atoms with Gasteiger partial charge in [0.15, 0.2) is 0 Å². The summed E-state index contributed by atoms with van der Waals surface area (Å²) in [5.41, 5.74) is 3.64. The van der Waals surface area contributed by atoms with Crippen LogP contribution >= 0.6 is 0 Å². The third-order valence-electron chi connectivity index (χ3n) is 2.65. The second-order valence-electron chi connectivity index (χ2n) is 3.99. The first-order valence-corrected chi connectivity index (χ1v) is 5.31. The molecule has 0 radical (unpaired) electrons. The van der Waals surface area contributed by atoms with Crippen LogP contribution in [0.5, 0.6) is 5.75 Å². The Morgan fingerprint density at radius 1 is 1.44 bits per heavy atom. The van der Waals surface area contributed by atoms with Crippen molar-refractivity contribution in [2.75, 3.05) is 0 Å². The first-order chi connectivity index (χ1) is 7.68. The van der Waals surface area contributed by atoms with Crippen LogP contribution in [0.25, 0.3) is 0 Å². The van der Waals surface area contributed by atoms with E-state index in [2.05, 4.69) is 10.5 Å². The van der Waals surface area contributed by atoms with Crippen molar-refractivity contribution in [3.8, 4) is 5.75 Å². The Kier molecular flexibility index (Phi) is 2.90. The molecule has 1 aromatic carbocycles. The third kappa shape index (κ3) is 2.39. The van der Waals surface area contributed by atoms with E-state index < -0.39 is 0 Å². The third-order valence-corrected chi connectivity index (χ3v) is 2.65. The van der Waals surface area contributed by atoms with Gasteiger partial charge in [-0.2, -0.15) is 5.10 Å². The van der Waals surface area contributed by atoms with Gasteiger partial charge >= 0.3 is 0 Å². The number of carbonyl (C=O) groups is 1. The van der Waals surface area contributed by atoms with Gasteiger partial charge < -0.3 is 5.11 Å². The zero-order chi connectivity index (χ0) is 11.5. The Morgan fingerprint density at radius 2 is 2.12 bits per heavy atom. The number of hydrogen-bond donors (Lipinski definition) is 2. The minimum absolute atomic E-state index is 0.0284. The molecule has 0 atom stereocenters. The average Bonchev–Trinajstić information content (AvgIpc) is 3.10. The molecule has 1 amide bonds. The van der Waals surface area contributed by atoms with Crippen molar-refractivity contribution < 1.29 is 9.90 Å². The maximum Gasteiger partial charge on any atom is 0.275 e. The summed E-state index contributed by atoms with van der Waals surface area (Å²) in [4.78, 5) is 11.6. The predicted octanol–water partition coefficient (Wildman–Crippen LogP) is 1.91. The monoisotopic (exact) mass is 218 g/mol. The standard InChI is InChI=1S/C12H14N2O2/c1-8(9-6-7-9)13-14-12(16)10-4-2-3-5-11(10)15/h2-5,9,15H,6-7H2,1H3,(H,14,16)/b13-8+. The predicted molar refractivity (Wildman–Crippen MR) is 61.4 cm³/mol. The van der Waals surface area contributed by atoms with E-state index in [1.165, 1.54) is 6.07 Å². The number of nitrogens with one attached hydrogen (secondary N) is 1. The SMILES string of the molecule is C/C(=N\NC(=O)c1ccccc1O)C1CC1. The van der Waals surface area contributed by atoms with Gasteiger partial charge in [0.25, 0.3) is 5.91 Å². The molecule has 4 nitrogen and oxygen atoms in total. The molecule has 0 aliphatic heterocycles. The van der Waals surface area contributed by atoms with E-state index in [9.17, 15) is 9.90 Å². The Labute approximate surface area is 94.0 Å². The number of phenolic OH excluding ortho intramolecular Hbond substituents is 1. The van der Waals surface area contributed by atoms with Gasteiger partial charge in [-0.3, -0.25) is 4.79 Å². The number of para-hydroxylation sites is 1. The fraction of sp³-hybridized carbons (Fsp3) is 0.333. The summed E-state index contributed by atoms with van der Waals surface area (Å²) in [5.74, 6) is 0.127. The maximum absolute atomic E-state index is 11.6. The molecule has 1 aromatic rings. The molecule has 0 saturated heterocycles. The molecule has 0 heterocycles.